The maximum absolute atomic E-state index is 12.5. The summed E-state index contributed by atoms with van der Waals surface area (Å²) in [4.78, 5) is 25.0. The minimum Gasteiger partial charge on any atom is -0.462 e. The molecular weight excluding hydrogens is 484 g/mol. The van der Waals surface area contributed by atoms with E-state index in [9.17, 15) is 9.59 Å². The zero-order valence-corrected chi connectivity index (χ0v) is 23.0. The third-order valence-electron chi connectivity index (χ3n) is 7.74. The Labute approximate surface area is 230 Å². The number of hydrogen-bond acceptors (Lipinski definition) is 4. The molecule has 0 saturated heterocycles. The van der Waals surface area contributed by atoms with Crippen molar-refractivity contribution in [1.29, 1.82) is 0 Å². The van der Waals surface area contributed by atoms with Gasteiger partial charge in [0.1, 0.15) is 0 Å². The number of esters is 2. The molecule has 0 unspecified atom stereocenters. The summed E-state index contributed by atoms with van der Waals surface area (Å²) in [5.74, 6) is -0.656. The zero-order chi connectivity index (χ0) is 27.6. The van der Waals surface area contributed by atoms with Gasteiger partial charge in [-0.05, 0) is 95.5 Å². The average Bonchev–Trinajstić information content (AvgIpc) is 3.27. The van der Waals surface area contributed by atoms with Crippen molar-refractivity contribution < 1.29 is 19.1 Å². The van der Waals surface area contributed by atoms with Gasteiger partial charge in [0, 0.05) is 0 Å². The van der Waals surface area contributed by atoms with Crippen LogP contribution in [0.15, 0.2) is 84.9 Å². The number of hydrogen-bond donors (Lipinski definition) is 0. The van der Waals surface area contributed by atoms with Gasteiger partial charge in [0.15, 0.2) is 0 Å². The molecule has 4 aromatic carbocycles. The van der Waals surface area contributed by atoms with Gasteiger partial charge >= 0.3 is 11.9 Å². The standard InChI is InChI=1S/C35H34O4/c1-5-23-9-19-29-30-20-10-24(6-2)22-32(30)35(31(29)21-23,27-15-11-25(12-16-27)33(36)38-7-3)28-17-13-26(14-18-28)34(37)39-8-4/h9-22H,5-8H2,1-4H3. The van der Waals surface area contributed by atoms with Crippen LogP contribution >= 0.6 is 0 Å². The zero-order valence-electron chi connectivity index (χ0n) is 23.0. The van der Waals surface area contributed by atoms with Crippen molar-refractivity contribution in [3.05, 3.63) is 129 Å². The second-order valence-electron chi connectivity index (χ2n) is 9.81. The molecule has 0 aliphatic heterocycles. The molecule has 0 heterocycles. The Morgan fingerprint density at radius 2 is 0.949 bits per heavy atom. The first-order valence-electron chi connectivity index (χ1n) is 13.8. The lowest BCUT2D eigenvalue weighted by Crippen LogP contribution is -2.29. The fourth-order valence-electron chi connectivity index (χ4n) is 5.79. The van der Waals surface area contributed by atoms with E-state index in [1.54, 1.807) is 0 Å². The van der Waals surface area contributed by atoms with Gasteiger partial charge in [-0.15, -0.1) is 0 Å². The fraction of sp³-hybridized carbons (Fsp3) is 0.257. The van der Waals surface area contributed by atoms with Crippen LogP contribution in [0.3, 0.4) is 0 Å². The highest BCUT2D eigenvalue weighted by atomic mass is 16.5. The van der Waals surface area contributed by atoms with E-state index in [0.29, 0.717) is 24.3 Å². The van der Waals surface area contributed by atoms with Crippen LogP contribution in [0.5, 0.6) is 0 Å². The fourth-order valence-corrected chi connectivity index (χ4v) is 5.79. The molecule has 0 atom stereocenters. The molecule has 4 nitrogen and oxygen atoms in total. The lowest BCUT2D eigenvalue weighted by atomic mass is 9.67. The summed E-state index contributed by atoms with van der Waals surface area (Å²) in [6, 6.07) is 29.1. The molecule has 0 saturated carbocycles. The second kappa shape index (κ2) is 10.9. The molecule has 198 valence electrons. The number of carbonyl (C=O) groups is 2. The molecule has 0 spiro atoms. The van der Waals surface area contributed by atoms with Crippen molar-refractivity contribution in [2.24, 2.45) is 0 Å². The van der Waals surface area contributed by atoms with E-state index in [1.165, 1.54) is 33.4 Å². The summed E-state index contributed by atoms with van der Waals surface area (Å²) in [5, 5.41) is 0. The highest BCUT2D eigenvalue weighted by Crippen LogP contribution is 2.56. The molecule has 1 aliphatic carbocycles. The first kappa shape index (κ1) is 26.4. The SMILES string of the molecule is CCOC(=O)c1ccc(C2(c3ccc(C(=O)OCC)cc3)c3cc(CC)ccc3-c3ccc(CC)cc32)cc1. The van der Waals surface area contributed by atoms with Gasteiger partial charge in [0.2, 0.25) is 0 Å². The summed E-state index contributed by atoms with van der Waals surface area (Å²) in [5.41, 5.74) is 9.87. The van der Waals surface area contributed by atoms with E-state index < -0.39 is 5.41 Å². The van der Waals surface area contributed by atoms with E-state index in [0.717, 1.165) is 24.0 Å². The molecule has 0 fully saturated rings. The summed E-state index contributed by atoms with van der Waals surface area (Å²) in [6.45, 7) is 8.62. The van der Waals surface area contributed by atoms with Gasteiger partial charge < -0.3 is 9.47 Å². The predicted octanol–water partition coefficient (Wildman–Crippen LogP) is 7.53. The van der Waals surface area contributed by atoms with Crippen LogP contribution in [-0.4, -0.2) is 25.2 Å². The van der Waals surface area contributed by atoms with Gasteiger partial charge in [0.05, 0.1) is 29.8 Å². The van der Waals surface area contributed by atoms with Gasteiger partial charge in [-0.25, -0.2) is 9.59 Å². The molecule has 0 N–H and O–H groups in total. The maximum Gasteiger partial charge on any atom is 0.338 e. The normalized spacial score (nSPS) is 12.9. The highest BCUT2D eigenvalue weighted by molar-refractivity contribution is 5.91. The smallest absolute Gasteiger partial charge is 0.338 e. The number of ether oxygens (including phenoxy) is 2. The van der Waals surface area contributed by atoms with E-state index in [1.807, 2.05) is 62.4 Å². The minimum absolute atomic E-state index is 0.328. The van der Waals surface area contributed by atoms with Crippen molar-refractivity contribution in [2.45, 2.75) is 46.0 Å². The van der Waals surface area contributed by atoms with Crippen molar-refractivity contribution in [1.82, 2.24) is 0 Å². The van der Waals surface area contributed by atoms with E-state index >= 15 is 0 Å². The molecule has 0 amide bonds. The van der Waals surface area contributed by atoms with Crippen LogP contribution in [0.25, 0.3) is 11.1 Å². The van der Waals surface area contributed by atoms with Crippen molar-refractivity contribution in [2.75, 3.05) is 13.2 Å². The quantitative estimate of drug-likeness (QED) is 0.199. The molecular formula is C35H34O4. The molecule has 5 rings (SSSR count). The third-order valence-corrected chi connectivity index (χ3v) is 7.74. The predicted molar refractivity (Wildman–Crippen MR) is 154 cm³/mol. The maximum atomic E-state index is 12.5. The Hall–Kier alpha value is -4.18. The Morgan fingerprint density at radius 3 is 1.28 bits per heavy atom. The second-order valence-corrected chi connectivity index (χ2v) is 9.81. The van der Waals surface area contributed by atoms with Crippen LogP contribution < -0.4 is 0 Å². The first-order chi connectivity index (χ1) is 19.0. The monoisotopic (exact) mass is 518 g/mol. The number of carbonyl (C=O) groups excluding carboxylic acids is 2. The first-order valence-corrected chi connectivity index (χ1v) is 13.8. The van der Waals surface area contributed by atoms with Crippen LogP contribution in [0.4, 0.5) is 0 Å². The van der Waals surface area contributed by atoms with Gasteiger partial charge in [-0.3, -0.25) is 0 Å². The summed E-state index contributed by atoms with van der Waals surface area (Å²) < 4.78 is 10.5. The Balaban J connectivity index is 1.81. The lowest BCUT2D eigenvalue weighted by Gasteiger charge is -2.34. The van der Waals surface area contributed by atoms with E-state index in [4.69, 9.17) is 9.47 Å². The van der Waals surface area contributed by atoms with Crippen molar-refractivity contribution in [3.8, 4) is 11.1 Å². The van der Waals surface area contributed by atoms with E-state index in [-0.39, 0.29) is 11.9 Å². The summed E-state index contributed by atoms with van der Waals surface area (Å²) >= 11 is 0. The Kier molecular flexibility index (Phi) is 7.38. The summed E-state index contributed by atoms with van der Waals surface area (Å²) in [6.07, 6.45) is 1.84. The average molecular weight is 519 g/mol. The Morgan fingerprint density at radius 1 is 0.564 bits per heavy atom. The van der Waals surface area contributed by atoms with Gasteiger partial charge in [-0.2, -0.15) is 0 Å². The largest absolute Gasteiger partial charge is 0.462 e. The Bertz CT molecular complexity index is 1400. The highest BCUT2D eigenvalue weighted by Gasteiger charge is 2.46. The van der Waals surface area contributed by atoms with Crippen LogP contribution in [-0.2, 0) is 27.7 Å². The number of fused-ring (bicyclic) bond motifs is 3. The number of aryl methyl sites for hydroxylation is 2. The molecule has 4 aromatic rings. The molecule has 0 aromatic heterocycles. The number of benzene rings is 4. The topological polar surface area (TPSA) is 52.6 Å². The van der Waals surface area contributed by atoms with Crippen LogP contribution in [0, 0.1) is 0 Å². The molecule has 0 radical (unpaired) electrons. The molecule has 4 heteroatoms. The lowest BCUT2D eigenvalue weighted by molar-refractivity contribution is 0.0517. The third kappa shape index (κ3) is 4.44. The van der Waals surface area contributed by atoms with Crippen LogP contribution in [0.1, 0.15) is 81.8 Å². The molecule has 39 heavy (non-hydrogen) atoms. The van der Waals surface area contributed by atoms with Crippen molar-refractivity contribution in [3.63, 3.8) is 0 Å². The minimum atomic E-state index is -0.624. The molecule has 0 bridgehead atoms. The van der Waals surface area contributed by atoms with E-state index in [2.05, 4.69) is 50.2 Å². The number of rotatable bonds is 8. The molecule has 1 aliphatic rings. The van der Waals surface area contributed by atoms with Gasteiger partial charge in [0.25, 0.3) is 0 Å². The van der Waals surface area contributed by atoms with Gasteiger partial charge in [-0.1, -0.05) is 74.5 Å². The van der Waals surface area contributed by atoms with Crippen molar-refractivity contribution >= 4 is 11.9 Å². The summed E-state index contributed by atoms with van der Waals surface area (Å²) in [7, 11) is 0. The van der Waals surface area contributed by atoms with Crippen LogP contribution in [0.2, 0.25) is 0 Å².